The molecule has 1 amide bonds. The second-order valence-corrected chi connectivity index (χ2v) is 7.24. The standard InChI is InChI=1S/C20H24N4O5S/c1-6-16(25)24-14(12-9-11(28-4)7-8-15(12)29-5)10-13(21-24)17-18(26)22(2)20(30)23(3)19(17)27/h7-9,14,26H,6,10H2,1-5H3. The average Bonchev–Trinajstić information content (AvgIpc) is 3.20. The molecule has 0 aliphatic carbocycles. The molecule has 3 rings (SSSR count). The van der Waals surface area contributed by atoms with Crippen molar-refractivity contribution in [1.29, 1.82) is 0 Å². The van der Waals surface area contributed by atoms with E-state index in [4.69, 9.17) is 21.7 Å². The number of aromatic nitrogens is 2. The fourth-order valence-electron chi connectivity index (χ4n) is 3.48. The Balaban J connectivity index is 2.18. The van der Waals surface area contributed by atoms with Crippen molar-refractivity contribution in [3.63, 3.8) is 0 Å². The SMILES string of the molecule is CCC(=O)N1N=C(c2c(O)n(C)c(=S)n(C)c2=O)CC1c1cc(OC)ccc1OC. The van der Waals surface area contributed by atoms with Gasteiger partial charge < -0.3 is 14.6 Å². The van der Waals surface area contributed by atoms with Gasteiger partial charge in [-0.25, -0.2) is 5.01 Å². The monoisotopic (exact) mass is 432 g/mol. The van der Waals surface area contributed by atoms with Crippen LogP contribution in [0.15, 0.2) is 28.1 Å². The number of hydrazone groups is 1. The van der Waals surface area contributed by atoms with E-state index >= 15 is 0 Å². The Morgan fingerprint density at radius 1 is 1.27 bits per heavy atom. The van der Waals surface area contributed by atoms with Crippen molar-refractivity contribution in [3.8, 4) is 17.4 Å². The highest BCUT2D eigenvalue weighted by Gasteiger charge is 2.36. The van der Waals surface area contributed by atoms with E-state index in [1.165, 1.54) is 28.3 Å². The molecule has 1 atom stereocenters. The summed E-state index contributed by atoms with van der Waals surface area (Å²) >= 11 is 5.18. The summed E-state index contributed by atoms with van der Waals surface area (Å²) in [6, 6.07) is 4.77. The van der Waals surface area contributed by atoms with Crippen molar-refractivity contribution in [1.82, 2.24) is 14.1 Å². The third-order valence-corrected chi connectivity index (χ3v) is 5.73. The van der Waals surface area contributed by atoms with Crippen LogP contribution in [0.2, 0.25) is 0 Å². The summed E-state index contributed by atoms with van der Waals surface area (Å²) in [4.78, 5) is 25.5. The molecule has 30 heavy (non-hydrogen) atoms. The highest BCUT2D eigenvalue weighted by Crippen LogP contribution is 2.39. The van der Waals surface area contributed by atoms with Crippen molar-refractivity contribution in [2.45, 2.75) is 25.8 Å². The van der Waals surface area contributed by atoms with E-state index in [2.05, 4.69) is 5.10 Å². The van der Waals surface area contributed by atoms with Crippen LogP contribution in [0.1, 0.15) is 36.9 Å². The Morgan fingerprint density at radius 2 is 1.97 bits per heavy atom. The van der Waals surface area contributed by atoms with Crippen LogP contribution >= 0.6 is 12.2 Å². The molecule has 0 saturated heterocycles. The number of carbonyl (C=O) groups excluding carboxylic acids is 1. The highest BCUT2D eigenvalue weighted by molar-refractivity contribution is 7.71. The van der Waals surface area contributed by atoms with Crippen LogP contribution in [0, 0.1) is 4.77 Å². The topological polar surface area (TPSA) is 98.3 Å². The van der Waals surface area contributed by atoms with E-state index in [0.717, 1.165) is 0 Å². The van der Waals surface area contributed by atoms with Crippen molar-refractivity contribution < 1.29 is 19.4 Å². The second-order valence-electron chi connectivity index (χ2n) is 6.87. The van der Waals surface area contributed by atoms with Crippen molar-refractivity contribution >= 4 is 23.8 Å². The zero-order valence-electron chi connectivity index (χ0n) is 17.5. The molecule has 1 aliphatic rings. The normalized spacial score (nSPS) is 15.8. The molecule has 0 bridgehead atoms. The van der Waals surface area contributed by atoms with Gasteiger partial charge in [-0.15, -0.1) is 0 Å². The molecular weight excluding hydrogens is 408 g/mol. The number of methoxy groups -OCH3 is 2. The number of rotatable bonds is 5. The van der Waals surface area contributed by atoms with Crippen molar-refractivity contribution in [2.24, 2.45) is 19.2 Å². The van der Waals surface area contributed by atoms with Gasteiger partial charge in [0.15, 0.2) is 4.77 Å². The number of amides is 1. The summed E-state index contributed by atoms with van der Waals surface area (Å²) in [6.45, 7) is 1.73. The maximum atomic E-state index is 12.9. The maximum absolute atomic E-state index is 12.9. The molecule has 0 fully saturated rings. The third-order valence-electron chi connectivity index (χ3n) is 5.19. The van der Waals surface area contributed by atoms with Gasteiger partial charge in [-0.2, -0.15) is 5.10 Å². The molecule has 1 unspecified atom stereocenters. The Kier molecular flexibility index (Phi) is 5.97. The highest BCUT2D eigenvalue weighted by atomic mass is 32.1. The molecule has 9 nitrogen and oxygen atoms in total. The number of carbonyl (C=O) groups is 1. The minimum atomic E-state index is -0.518. The zero-order chi connectivity index (χ0) is 22.2. The van der Waals surface area contributed by atoms with E-state index in [0.29, 0.717) is 22.8 Å². The average molecular weight is 433 g/mol. The summed E-state index contributed by atoms with van der Waals surface area (Å²) in [6.07, 6.45) is 0.442. The summed E-state index contributed by atoms with van der Waals surface area (Å²) in [5.41, 5.74) is 0.539. The smallest absolute Gasteiger partial charge is 0.267 e. The lowest BCUT2D eigenvalue weighted by Crippen LogP contribution is -2.28. The molecule has 0 spiro atoms. The molecule has 1 aromatic carbocycles. The second kappa shape index (κ2) is 8.31. The van der Waals surface area contributed by atoms with Crippen LogP contribution in [0.25, 0.3) is 0 Å². The van der Waals surface area contributed by atoms with Gasteiger partial charge in [0.1, 0.15) is 17.1 Å². The van der Waals surface area contributed by atoms with Crippen molar-refractivity contribution in [2.75, 3.05) is 14.2 Å². The Labute approximate surface area is 178 Å². The quantitative estimate of drug-likeness (QED) is 0.728. The number of nitrogens with zero attached hydrogens (tertiary/aromatic N) is 4. The lowest BCUT2D eigenvalue weighted by molar-refractivity contribution is -0.132. The van der Waals surface area contributed by atoms with Crippen molar-refractivity contribution in [3.05, 3.63) is 44.5 Å². The summed E-state index contributed by atoms with van der Waals surface area (Å²) < 4.78 is 13.6. The third kappa shape index (κ3) is 3.47. The van der Waals surface area contributed by atoms with Gasteiger partial charge in [0.05, 0.1) is 26.0 Å². The van der Waals surface area contributed by atoms with Gasteiger partial charge in [0.25, 0.3) is 5.56 Å². The minimum absolute atomic E-state index is 0.0202. The van der Waals surface area contributed by atoms with Crippen LogP contribution in [0.4, 0.5) is 0 Å². The van der Waals surface area contributed by atoms with Crippen LogP contribution < -0.4 is 15.0 Å². The first-order valence-electron chi connectivity index (χ1n) is 9.35. The van der Waals surface area contributed by atoms with E-state index < -0.39 is 11.6 Å². The van der Waals surface area contributed by atoms with E-state index in [-0.39, 0.29) is 35.0 Å². The molecule has 0 saturated carbocycles. The Hall–Kier alpha value is -3.14. The zero-order valence-corrected chi connectivity index (χ0v) is 18.3. The van der Waals surface area contributed by atoms with Crippen LogP contribution in [0.3, 0.4) is 0 Å². The number of hydrogen-bond donors (Lipinski definition) is 1. The summed E-state index contributed by atoms with van der Waals surface area (Å²) in [5.74, 6) is 0.656. The number of aromatic hydroxyl groups is 1. The van der Waals surface area contributed by atoms with Crippen LogP contribution in [-0.4, -0.2) is 45.1 Å². The van der Waals surface area contributed by atoms with E-state index in [1.54, 1.807) is 39.3 Å². The predicted octanol–water partition coefficient (Wildman–Crippen LogP) is 2.26. The number of benzene rings is 1. The molecule has 2 aromatic rings. The summed E-state index contributed by atoms with van der Waals surface area (Å²) in [5, 5.41) is 16.4. The molecule has 0 radical (unpaired) electrons. The van der Waals surface area contributed by atoms with Crippen LogP contribution in [-0.2, 0) is 18.9 Å². The molecular formula is C20H24N4O5S. The first-order valence-corrected chi connectivity index (χ1v) is 9.76. The number of hydrogen-bond acceptors (Lipinski definition) is 7. The first kappa shape index (κ1) is 21.6. The molecule has 2 heterocycles. The fraction of sp³-hybridized carbons (Fsp3) is 0.400. The van der Waals surface area contributed by atoms with E-state index in [9.17, 15) is 14.7 Å². The number of ether oxygens (including phenoxy) is 2. The summed E-state index contributed by atoms with van der Waals surface area (Å²) in [7, 11) is 6.18. The molecule has 160 valence electrons. The van der Waals surface area contributed by atoms with Gasteiger partial charge >= 0.3 is 0 Å². The van der Waals surface area contributed by atoms with E-state index in [1.807, 2.05) is 0 Å². The van der Waals surface area contributed by atoms with Gasteiger partial charge in [0, 0.05) is 32.5 Å². The lowest BCUT2D eigenvalue weighted by atomic mass is 9.98. The van der Waals surface area contributed by atoms with Gasteiger partial charge in [-0.3, -0.25) is 18.7 Å². The molecule has 1 aromatic heterocycles. The maximum Gasteiger partial charge on any atom is 0.267 e. The minimum Gasteiger partial charge on any atom is -0.497 e. The molecule has 1 aliphatic heterocycles. The van der Waals surface area contributed by atoms with Crippen LogP contribution in [0.5, 0.6) is 17.4 Å². The fourth-order valence-corrected chi connectivity index (χ4v) is 3.65. The molecule has 10 heteroatoms. The predicted molar refractivity (Wildman–Crippen MR) is 114 cm³/mol. The Morgan fingerprint density at radius 3 is 2.57 bits per heavy atom. The van der Waals surface area contributed by atoms with Gasteiger partial charge in [-0.1, -0.05) is 6.92 Å². The van der Waals surface area contributed by atoms with Gasteiger partial charge in [0.2, 0.25) is 11.8 Å². The largest absolute Gasteiger partial charge is 0.497 e. The molecule has 1 N–H and O–H groups in total. The Bertz CT molecular complexity index is 1150. The first-order chi connectivity index (χ1) is 14.2. The van der Waals surface area contributed by atoms with Gasteiger partial charge in [-0.05, 0) is 30.4 Å². The lowest BCUT2D eigenvalue weighted by Gasteiger charge is -2.23.